The van der Waals surface area contributed by atoms with Crippen LogP contribution in [0.15, 0.2) is 18.3 Å². The van der Waals surface area contributed by atoms with E-state index in [0.717, 1.165) is 0 Å². The van der Waals surface area contributed by atoms with Gasteiger partial charge in [0.05, 0.1) is 11.2 Å². The second kappa shape index (κ2) is 8.17. The third kappa shape index (κ3) is 5.13. The molecule has 1 fully saturated rings. The Morgan fingerprint density at radius 3 is 1.88 bits per heavy atom. The third-order valence-electron chi connectivity index (χ3n) is 4.46. The number of hydrogen-bond donors (Lipinski definition) is 0. The molecule has 1 aromatic heterocycles. The highest BCUT2D eigenvalue weighted by Gasteiger charge is 2.52. The van der Waals surface area contributed by atoms with Crippen LogP contribution in [-0.2, 0) is 9.31 Å². The zero-order chi connectivity index (χ0) is 20.3. The fourth-order valence-electron chi connectivity index (χ4n) is 2.29. The fraction of sp³-hybridized carbons (Fsp3) is 0.722. The maximum absolute atomic E-state index is 13.0. The number of nitrogens with zero attached hydrogens (tertiary/aromatic N) is 1. The number of halogens is 3. The predicted molar refractivity (Wildman–Crippen MR) is 96.6 cm³/mol. The van der Waals surface area contributed by atoms with E-state index in [0.29, 0.717) is 5.46 Å². The summed E-state index contributed by atoms with van der Waals surface area (Å²) in [5.41, 5.74) is -0.355. The first-order chi connectivity index (χ1) is 11.8. The van der Waals surface area contributed by atoms with Gasteiger partial charge in [-0.2, -0.15) is 13.2 Å². The molecule has 0 amide bonds. The first kappa shape index (κ1) is 22.8. The maximum Gasteiger partial charge on any atom is 0.496 e. The molecule has 1 atom stereocenters. The topological polar surface area (TPSA) is 40.6 Å². The van der Waals surface area contributed by atoms with Crippen molar-refractivity contribution >= 4 is 12.6 Å². The van der Waals surface area contributed by atoms with Crippen LogP contribution >= 0.6 is 0 Å². The molecule has 0 saturated carbocycles. The first-order valence-corrected chi connectivity index (χ1v) is 8.88. The number of hydrogen-bond acceptors (Lipinski definition) is 4. The second-order valence-electron chi connectivity index (χ2n) is 7.34. The number of rotatable bonds is 4. The van der Waals surface area contributed by atoms with Crippen LogP contribution in [0.4, 0.5) is 13.2 Å². The van der Waals surface area contributed by atoms with Crippen LogP contribution < -0.4 is 10.2 Å². The van der Waals surface area contributed by atoms with E-state index in [1.165, 1.54) is 26.1 Å². The Bertz CT molecular complexity index is 558. The molecule has 8 heteroatoms. The standard InChI is InChI=1S/C16H23BF3NO3.C2H6/c1-10(2)13(16(18,19)20)22-12-8-7-11(9-21-12)17-23-14(3,4)15(5,6)24-17;1-2/h7-10,13H,1-6H3;1-2H3. The lowest BCUT2D eigenvalue weighted by molar-refractivity contribution is -0.207. The average Bonchev–Trinajstić information content (AvgIpc) is 2.74. The van der Waals surface area contributed by atoms with E-state index in [4.69, 9.17) is 14.0 Å². The van der Waals surface area contributed by atoms with Gasteiger partial charge in [-0.15, -0.1) is 0 Å². The summed E-state index contributed by atoms with van der Waals surface area (Å²) in [5, 5.41) is 0. The van der Waals surface area contributed by atoms with E-state index in [-0.39, 0.29) is 5.88 Å². The van der Waals surface area contributed by atoms with Gasteiger partial charge in [-0.1, -0.05) is 33.8 Å². The van der Waals surface area contributed by atoms with Crippen molar-refractivity contribution in [1.29, 1.82) is 0 Å². The van der Waals surface area contributed by atoms with Crippen molar-refractivity contribution in [3.05, 3.63) is 18.3 Å². The monoisotopic (exact) mass is 375 g/mol. The summed E-state index contributed by atoms with van der Waals surface area (Å²) in [6.45, 7) is 14.6. The van der Waals surface area contributed by atoms with Gasteiger partial charge < -0.3 is 14.0 Å². The zero-order valence-electron chi connectivity index (χ0n) is 16.8. The molecule has 0 radical (unpaired) electrons. The van der Waals surface area contributed by atoms with Crippen molar-refractivity contribution < 1.29 is 27.2 Å². The number of alkyl halides is 3. The Labute approximate surface area is 154 Å². The first-order valence-electron chi connectivity index (χ1n) is 8.88. The Kier molecular flexibility index (Phi) is 7.15. The maximum atomic E-state index is 13.0. The van der Waals surface area contributed by atoms with Gasteiger partial charge in [0.15, 0.2) is 6.10 Å². The van der Waals surface area contributed by atoms with Gasteiger partial charge in [0.1, 0.15) is 0 Å². The van der Waals surface area contributed by atoms with Gasteiger partial charge in [0, 0.05) is 11.7 Å². The molecule has 0 N–H and O–H groups in total. The van der Waals surface area contributed by atoms with Crippen LogP contribution in [-0.4, -0.2) is 35.6 Å². The minimum absolute atomic E-state index is 0.0775. The quantitative estimate of drug-likeness (QED) is 0.733. The minimum atomic E-state index is -4.44. The lowest BCUT2D eigenvalue weighted by Gasteiger charge is -2.32. The SMILES string of the molecule is CC.CC(C)C(Oc1ccc(B2OC(C)(C)C(C)(C)O2)cn1)C(F)(F)F. The molecule has 1 aliphatic heterocycles. The van der Waals surface area contributed by atoms with Crippen molar-refractivity contribution in [3.8, 4) is 5.88 Å². The number of ether oxygens (including phenoxy) is 1. The van der Waals surface area contributed by atoms with Gasteiger partial charge in [-0.25, -0.2) is 4.98 Å². The van der Waals surface area contributed by atoms with Crippen LogP contribution in [0.3, 0.4) is 0 Å². The van der Waals surface area contributed by atoms with Crippen molar-refractivity contribution in [2.75, 3.05) is 0 Å². The molecule has 148 valence electrons. The lowest BCUT2D eigenvalue weighted by Crippen LogP contribution is -2.41. The smallest absolute Gasteiger partial charge is 0.464 e. The Morgan fingerprint density at radius 1 is 1.04 bits per heavy atom. The van der Waals surface area contributed by atoms with Crippen LogP contribution in [0.25, 0.3) is 0 Å². The van der Waals surface area contributed by atoms with Gasteiger partial charge in [0.25, 0.3) is 0 Å². The molecule has 1 unspecified atom stereocenters. The molecular formula is C18H29BF3NO3. The van der Waals surface area contributed by atoms with E-state index in [1.807, 2.05) is 41.5 Å². The predicted octanol–water partition coefficient (Wildman–Crippen LogP) is 4.37. The van der Waals surface area contributed by atoms with Gasteiger partial charge in [-0.05, 0) is 39.7 Å². The summed E-state index contributed by atoms with van der Waals surface area (Å²) in [7, 11) is -0.611. The highest BCUT2D eigenvalue weighted by molar-refractivity contribution is 6.62. The Morgan fingerprint density at radius 2 is 1.54 bits per heavy atom. The zero-order valence-corrected chi connectivity index (χ0v) is 16.8. The van der Waals surface area contributed by atoms with Crippen molar-refractivity contribution in [3.63, 3.8) is 0 Å². The summed E-state index contributed by atoms with van der Waals surface area (Å²) < 4.78 is 55.7. The Balaban J connectivity index is 0.00000163. The van der Waals surface area contributed by atoms with E-state index in [1.54, 1.807) is 6.07 Å². The van der Waals surface area contributed by atoms with Crippen molar-refractivity contribution in [1.82, 2.24) is 4.98 Å². The summed E-state index contributed by atoms with van der Waals surface area (Å²) in [5.74, 6) is -0.791. The molecule has 0 spiro atoms. The second-order valence-corrected chi connectivity index (χ2v) is 7.34. The molecule has 4 nitrogen and oxygen atoms in total. The molecule has 1 aromatic rings. The molecule has 2 rings (SSSR count). The number of pyridine rings is 1. The summed E-state index contributed by atoms with van der Waals surface area (Å²) in [6.07, 6.45) is -4.92. The van der Waals surface area contributed by atoms with Gasteiger partial charge >= 0.3 is 13.3 Å². The van der Waals surface area contributed by atoms with Gasteiger partial charge in [-0.3, -0.25) is 0 Å². The van der Waals surface area contributed by atoms with Crippen LogP contribution in [0, 0.1) is 5.92 Å². The Hall–Kier alpha value is -1.28. The largest absolute Gasteiger partial charge is 0.496 e. The number of aromatic nitrogens is 1. The van der Waals surface area contributed by atoms with Crippen molar-refractivity contribution in [2.45, 2.75) is 78.9 Å². The average molecular weight is 375 g/mol. The lowest BCUT2D eigenvalue weighted by atomic mass is 9.80. The summed E-state index contributed by atoms with van der Waals surface area (Å²) >= 11 is 0. The summed E-state index contributed by atoms with van der Waals surface area (Å²) in [6, 6.07) is 3.01. The van der Waals surface area contributed by atoms with Gasteiger partial charge in [0.2, 0.25) is 5.88 Å². The highest BCUT2D eigenvalue weighted by Crippen LogP contribution is 2.36. The van der Waals surface area contributed by atoms with Crippen molar-refractivity contribution in [2.24, 2.45) is 5.92 Å². The highest BCUT2D eigenvalue weighted by atomic mass is 19.4. The summed E-state index contributed by atoms with van der Waals surface area (Å²) in [4.78, 5) is 3.97. The molecule has 0 aromatic carbocycles. The third-order valence-corrected chi connectivity index (χ3v) is 4.46. The minimum Gasteiger partial charge on any atom is -0.464 e. The van der Waals surface area contributed by atoms with E-state index < -0.39 is 36.5 Å². The molecule has 1 saturated heterocycles. The molecule has 2 heterocycles. The van der Waals surface area contributed by atoms with E-state index >= 15 is 0 Å². The van der Waals surface area contributed by atoms with Crippen LogP contribution in [0.5, 0.6) is 5.88 Å². The van der Waals surface area contributed by atoms with Crippen LogP contribution in [0.1, 0.15) is 55.4 Å². The molecule has 1 aliphatic rings. The van der Waals surface area contributed by atoms with E-state index in [2.05, 4.69) is 4.98 Å². The molecule has 0 bridgehead atoms. The molecule has 0 aliphatic carbocycles. The van der Waals surface area contributed by atoms with Crippen LogP contribution in [0.2, 0.25) is 0 Å². The molecule has 26 heavy (non-hydrogen) atoms. The normalized spacial score (nSPS) is 19.8. The van der Waals surface area contributed by atoms with E-state index in [9.17, 15) is 13.2 Å². The fourth-order valence-corrected chi connectivity index (χ4v) is 2.29. The molecular weight excluding hydrogens is 346 g/mol.